The number of ether oxygens (including phenoxy) is 2. The van der Waals surface area contributed by atoms with Crippen molar-refractivity contribution in [2.75, 3.05) is 20.3 Å². The summed E-state index contributed by atoms with van der Waals surface area (Å²) in [4.78, 5) is 0. The van der Waals surface area contributed by atoms with Crippen LogP contribution in [0.1, 0.15) is 31.4 Å². The average Bonchev–Trinajstić information content (AvgIpc) is 3.05. The van der Waals surface area contributed by atoms with E-state index in [2.05, 4.69) is 42.6 Å². The molecule has 1 fully saturated rings. The molecule has 0 saturated carbocycles. The zero-order valence-electron chi connectivity index (χ0n) is 12.8. The van der Waals surface area contributed by atoms with E-state index in [0.29, 0.717) is 6.10 Å². The molecule has 3 heteroatoms. The summed E-state index contributed by atoms with van der Waals surface area (Å²) >= 11 is 0. The number of likely N-dealkylation sites (N-methyl/N-ethyl adjacent to an activating group) is 1. The second-order valence-corrected chi connectivity index (χ2v) is 5.56. The van der Waals surface area contributed by atoms with E-state index in [1.807, 2.05) is 6.07 Å². The van der Waals surface area contributed by atoms with Crippen LogP contribution in [-0.2, 0) is 4.74 Å². The van der Waals surface area contributed by atoms with E-state index in [9.17, 15) is 0 Å². The van der Waals surface area contributed by atoms with Gasteiger partial charge in [-0.15, -0.1) is 0 Å². The Labute approximate surface area is 126 Å². The lowest BCUT2D eigenvalue weighted by Gasteiger charge is -2.24. The van der Waals surface area contributed by atoms with Gasteiger partial charge in [-0.25, -0.2) is 0 Å². The molecule has 0 aromatic heterocycles. The lowest BCUT2D eigenvalue weighted by molar-refractivity contribution is 0.0788. The number of benzene rings is 2. The summed E-state index contributed by atoms with van der Waals surface area (Å²) in [5.74, 6) is 0.901. The lowest BCUT2D eigenvalue weighted by atomic mass is 9.96. The van der Waals surface area contributed by atoms with Gasteiger partial charge in [0.2, 0.25) is 0 Å². The fourth-order valence-electron chi connectivity index (χ4n) is 3.11. The Bertz CT molecular complexity index is 605. The molecular weight excluding hydrogens is 262 g/mol. The van der Waals surface area contributed by atoms with E-state index >= 15 is 0 Å². The maximum Gasteiger partial charge on any atom is 0.119 e. The summed E-state index contributed by atoms with van der Waals surface area (Å²) < 4.78 is 11.2. The fraction of sp³-hybridized carbons (Fsp3) is 0.444. The van der Waals surface area contributed by atoms with Crippen molar-refractivity contribution in [3.63, 3.8) is 0 Å². The van der Waals surface area contributed by atoms with Crippen molar-refractivity contribution in [2.45, 2.75) is 31.9 Å². The van der Waals surface area contributed by atoms with E-state index in [1.165, 1.54) is 16.3 Å². The summed E-state index contributed by atoms with van der Waals surface area (Å²) in [7, 11) is 1.70. The maximum absolute atomic E-state index is 5.89. The van der Waals surface area contributed by atoms with E-state index in [4.69, 9.17) is 9.47 Å². The summed E-state index contributed by atoms with van der Waals surface area (Å²) in [5, 5.41) is 6.03. The summed E-state index contributed by atoms with van der Waals surface area (Å²) in [6, 6.07) is 13.1. The predicted molar refractivity (Wildman–Crippen MR) is 85.9 cm³/mol. The minimum absolute atomic E-state index is 0.281. The molecule has 1 heterocycles. The number of fused-ring (bicyclic) bond motifs is 1. The lowest BCUT2D eigenvalue weighted by Crippen LogP contribution is -2.31. The van der Waals surface area contributed by atoms with Crippen LogP contribution in [0.4, 0.5) is 0 Å². The zero-order chi connectivity index (χ0) is 14.7. The van der Waals surface area contributed by atoms with E-state index < -0.39 is 0 Å². The van der Waals surface area contributed by atoms with Crippen molar-refractivity contribution in [3.05, 3.63) is 42.0 Å². The Kier molecular flexibility index (Phi) is 4.42. The summed E-state index contributed by atoms with van der Waals surface area (Å²) in [6.45, 7) is 3.98. The molecule has 0 amide bonds. The highest BCUT2D eigenvalue weighted by molar-refractivity contribution is 5.84. The van der Waals surface area contributed by atoms with Crippen molar-refractivity contribution in [1.82, 2.24) is 5.32 Å². The maximum atomic E-state index is 5.89. The van der Waals surface area contributed by atoms with Gasteiger partial charge < -0.3 is 14.8 Å². The van der Waals surface area contributed by atoms with E-state index in [-0.39, 0.29) is 6.04 Å². The van der Waals surface area contributed by atoms with Crippen molar-refractivity contribution in [2.24, 2.45) is 0 Å². The quantitative estimate of drug-likeness (QED) is 0.909. The normalized spacial score (nSPS) is 19.8. The van der Waals surface area contributed by atoms with Crippen LogP contribution in [0.2, 0.25) is 0 Å². The SMILES string of the molecule is CCNC(c1ccc2cc(OC)ccc2c1)C1CCCO1. The van der Waals surface area contributed by atoms with Crippen molar-refractivity contribution < 1.29 is 9.47 Å². The minimum atomic E-state index is 0.281. The van der Waals surface area contributed by atoms with Crippen LogP contribution in [0.5, 0.6) is 5.75 Å². The first-order chi connectivity index (χ1) is 10.3. The van der Waals surface area contributed by atoms with Crippen LogP contribution in [0.25, 0.3) is 10.8 Å². The topological polar surface area (TPSA) is 30.5 Å². The number of hydrogen-bond donors (Lipinski definition) is 1. The molecule has 3 rings (SSSR count). The molecule has 2 aromatic rings. The summed E-state index contributed by atoms with van der Waals surface area (Å²) in [5.41, 5.74) is 1.31. The highest BCUT2D eigenvalue weighted by Gasteiger charge is 2.26. The third-order valence-electron chi connectivity index (χ3n) is 4.19. The molecule has 0 bridgehead atoms. The third-order valence-corrected chi connectivity index (χ3v) is 4.19. The van der Waals surface area contributed by atoms with Crippen LogP contribution >= 0.6 is 0 Å². The monoisotopic (exact) mass is 285 g/mol. The molecule has 0 aliphatic carbocycles. The highest BCUT2D eigenvalue weighted by Crippen LogP contribution is 2.30. The van der Waals surface area contributed by atoms with Gasteiger partial charge in [-0.3, -0.25) is 0 Å². The van der Waals surface area contributed by atoms with Crippen LogP contribution in [0.3, 0.4) is 0 Å². The molecule has 2 atom stereocenters. The molecule has 112 valence electrons. The molecule has 1 aliphatic heterocycles. The van der Waals surface area contributed by atoms with E-state index in [0.717, 1.165) is 31.7 Å². The standard InChI is InChI=1S/C18H23NO2/c1-3-19-18(17-5-4-10-21-17)15-7-6-14-12-16(20-2)9-8-13(14)11-15/h6-9,11-12,17-19H,3-5,10H2,1-2H3. The number of methoxy groups -OCH3 is 1. The van der Waals surface area contributed by atoms with Gasteiger partial charge in [-0.1, -0.05) is 25.1 Å². The van der Waals surface area contributed by atoms with Gasteiger partial charge in [0, 0.05) is 6.61 Å². The van der Waals surface area contributed by atoms with Crippen LogP contribution in [-0.4, -0.2) is 26.4 Å². The van der Waals surface area contributed by atoms with Crippen LogP contribution < -0.4 is 10.1 Å². The Morgan fingerprint density at radius 1 is 1.24 bits per heavy atom. The van der Waals surface area contributed by atoms with Gasteiger partial charge in [0.1, 0.15) is 5.75 Å². The molecule has 1 N–H and O–H groups in total. The number of hydrogen-bond acceptors (Lipinski definition) is 3. The molecular formula is C18H23NO2. The fourth-order valence-corrected chi connectivity index (χ4v) is 3.11. The summed E-state index contributed by atoms with van der Waals surface area (Å²) in [6.07, 6.45) is 2.59. The van der Waals surface area contributed by atoms with Gasteiger partial charge >= 0.3 is 0 Å². The van der Waals surface area contributed by atoms with Crippen molar-refractivity contribution >= 4 is 10.8 Å². The second-order valence-electron chi connectivity index (χ2n) is 5.56. The van der Waals surface area contributed by atoms with Crippen molar-refractivity contribution in [1.29, 1.82) is 0 Å². The Balaban J connectivity index is 1.93. The Hall–Kier alpha value is -1.58. The molecule has 0 spiro atoms. The van der Waals surface area contributed by atoms with E-state index in [1.54, 1.807) is 7.11 Å². The molecule has 1 saturated heterocycles. The molecule has 1 aliphatic rings. The minimum Gasteiger partial charge on any atom is -0.497 e. The molecule has 2 unspecified atom stereocenters. The highest BCUT2D eigenvalue weighted by atomic mass is 16.5. The Morgan fingerprint density at radius 2 is 2.05 bits per heavy atom. The third kappa shape index (κ3) is 3.04. The van der Waals surface area contributed by atoms with Gasteiger partial charge in [-0.2, -0.15) is 0 Å². The van der Waals surface area contributed by atoms with Gasteiger partial charge in [0.15, 0.2) is 0 Å². The Morgan fingerprint density at radius 3 is 2.76 bits per heavy atom. The zero-order valence-corrected chi connectivity index (χ0v) is 12.8. The first-order valence-electron chi connectivity index (χ1n) is 7.74. The van der Waals surface area contributed by atoms with Gasteiger partial charge in [0.25, 0.3) is 0 Å². The van der Waals surface area contributed by atoms with Crippen molar-refractivity contribution in [3.8, 4) is 5.75 Å². The molecule has 0 radical (unpaired) electrons. The molecule has 2 aromatic carbocycles. The smallest absolute Gasteiger partial charge is 0.119 e. The number of nitrogens with one attached hydrogen (secondary N) is 1. The van der Waals surface area contributed by atoms with Gasteiger partial charge in [0.05, 0.1) is 19.3 Å². The first kappa shape index (κ1) is 14.4. The average molecular weight is 285 g/mol. The number of rotatable bonds is 5. The molecule has 3 nitrogen and oxygen atoms in total. The molecule has 21 heavy (non-hydrogen) atoms. The second kappa shape index (κ2) is 6.46. The largest absolute Gasteiger partial charge is 0.497 e. The van der Waals surface area contributed by atoms with Gasteiger partial charge in [-0.05, 0) is 53.9 Å². The predicted octanol–water partition coefficient (Wildman–Crippen LogP) is 3.68. The van der Waals surface area contributed by atoms with Crippen LogP contribution in [0, 0.1) is 0 Å². The van der Waals surface area contributed by atoms with Crippen LogP contribution in [0.15, 0.2) is 36.4 Å². The first-order valence-corrected chi connectivity index (χ1v) is 7.74.